The third-order valence-corrected chi connectivity index (χ3v) is 3.22. The highest BCUT2D eigenvalue weighted by Crippen LogP contribution is 2.19. The third kappa shape index (κ3) is 2.39. The first kappa shape index (κ1) is 12.0. The van der Waals surface area contributed by atoms with Gasteiger partial charge < -0.3 is 14.4 Å². The van der Waals surface area contributed by atoms with E-state index in [1.807, 2.05) is 20.0 Å². The van der Waals surface area contributed by atoms with Gasteiger partial charge in [-0.05, 0) is 43.1 Å². The highest BCUT2D eigenvalue weighted by Gasteiger charge is 2.06. The van der Waals surface area contributed by atoms with E-state index in [0.717, 1.165) is 24.5 Å². The molecule has 4 nitrogen and oxygen atoms in total. The first-order valence-electron chi connectivity index (χ1n) is 6.41. The van der Waals surface area contributed by atoms with Crippen molar-refractivity contribution in [3.05, 3.63) is 53.5 Å². The summed E-state index contributed by atoms with van der Waals surface area (Å²) in [4.78, 5) is 0. The van der Waals surface area contributed by atoms with Crippen LogP contribution in [0.15, 0.2) is 41.1 Å². The highest BCUT2D eigenvalue weighted by molar-refractivity contribution is 5.81. The summed E-state index contributed by atoms with van der Waals surface area (Å²) in [5.74, 6) is 0.884. The molecule has 0 aliphatic heterocycles. The lowest BCUT2D eigenvalue weighted by Crippen LogP contribution is -2.04. The average molecular weight is 255 g/mol. The second-order valence-electron chi connectivity index (χ2n) is 4.80. The van der Waals surface area contributed by atoms with Crippen molar-refractivity contribution in [3.8, 4) is 0 Å². The highest BCUT2D eigenvalue weighted by atomic mass is 16.5. The Kier molecular flexibility index (Phi) is 3.09. The second kappa shape index (κ2) is 4.90. The van der Waals surface area contributed by atoms with E-state index in [2.05, 4.69) is 45.5 Å². The van der Waals surface area contributed by atoms with Gasteiger partial charge in [-0.2, -0.15) is 0 Å². The fraction of sp³-hybridized carbons (Fsp3) is 0.267. The average Bonchev–Trinajstić information content (AvgIpc) is 2.97. The minimum Gasteiger partial charge on any atom is -0.359 e. The quantitative estimate of drug-likeness (QED) is 0.779. The van der Waals surface area contributed by atoms with Crippen LogP contribution in [-0.2, 0) is 13.1 Å². The van der Waals surface area contributed by atoms with Crippen LogP contribution in [0.3, 0.4) is 0 Å². The molecule has 1 N–H and O–H groups in total. The summed E-state index contributed by atoms with van der Waals surface area (Å²) >= 11 is 0. The van der Waals surface area contributed by atoms with E-state index in [4.69, 9.17) is 4.52 Å². The molecule has 1 aromatic carbocycles. The molecule has 0 unspecified atom stereocenters. The van der Waals surface area contributed by atoms with Crippen LogP contribution in [0.2, 0.25) is 0 Å². The zero-order chi connectivity index (χ0) is 13.2. The van der Waals surface area contributed by atoms with E-state index >= 15 is 0 Å². The van der Waals surface area contributed by atoms with Gasteiger partial charge in [0.1, 0.15) is 0 Å². The monoisotopic (exact) mass is 255 g/mol. The maximum atomic E-state index is 5.27. The summed E-state index contributed by atoms with van der Waals surface area (Å²) in [5, 5.41) is 8.34. The van der Waals surface area contributed by atoms with Crippen molar-refractivity contribution in [3.63, 3.8) is 0 Å². The number of aryl methyl sites for hydroxylation is 1. The standard InChI is InChI=1S/C15H17N3O/c1-11-7-14(19-17-11)10-18-6-5-13-8-12(9-16-2)3-4-15(13)18/h3-8,16H,9-10H2,1-2H3. The number of hydrogen-bond donors (Lipinski definition) is 1. The van der Waals surface area contributed by atoms with Crippen LogP contribution in [0.5, 0.6) is 0 Å². The summed E-state index contributed by atoms with van der Waals surface area (Å²) in [6.45, 7) is 3.54. The van der Waals surface area contributed by atoms with Gasteiger partial charge in [-0.25, -0.2) is 0 Å². The molecular weight excluding hydrogens is 238 g/mol. The Morgan fingerprint density at radius 3 is 2.89 bits per heavy atom. The normalized spacial score (nSPS) is 11.3. The molecular formula is C15H17N3O. The molecule has 0 fully saturated rings. The Bertz CT molecular complexity index is 696. The van der Waals surface area contributed by atoms with Gasteiger partial charge in [0.2, 0.25) is 0 Å². The number of nitrogens with zero attached hydrogens (tertiary/aromatic N) is 2. The van der Waals surface area contributed by atoms with E-state index in [-0.39, 0.29) is 0 Å². The van der Waals surface area contributed by atoms with Crippen LogP contribution in [0.1, 0.15) is 17.0 Å². The number of nitrogens with one attached hydrogen (secondary N) is 1. The molecule has 0 atom stereocenters. The van der Waals surface area contributed by atoms with E-state index in [0.29, 0.717) is 0 Å². The summed E-state index contributed by atoms with van der Waals surface area (Å²) in [7, 11) is 1.96. The molecule has 0 bridgehead atoms. The number of benzene rings is 1. The van der Waals surface area contributed by atoms with Gasteiger partial charge in [0.15, 0.2) is 5.76 Å². The zero-order valence-corrected chi connectivity index (χ0v) is 11.2. The van der Waals surface area contributed by atoms with Gasteiger partial charge in [-0.1, -0.05) is 11.2 Å². The lowest BCUT2D eigenvalue weighted by Gasteiger charge is -2.04. The second-order valence-corrected chi connectivity index (χ2v) is 4.80. The van der Waals surface area contributed by atoms with Gasteiger partial charge in [-0.15, -0.1) is 0 Å². The molecule has 0 saturated heterocycles. The van der Waals surface area contributed by atoms with Crippen molar-refractivity contribution in [2.75, 3.05) is 7.05 Å². The molecule has 0 amide bonds. The molecule has 0 aliphatic carbocycles. The number of rotatable bonds is 4. The molecule has 0 aliphatic rings. The van der Waals surface area contributed by atoms with Gasteiger partial charge >= 0.3 is 0 Å². The van der Waals surface area contributed by atoms with Crippen molar-refractivity contribution >= 4 is 10.9 Å². The van der Waals surface area contributed by atoms with E-state index in [9.17, 15) is 0 Å². The predicted molar refractivity (Wildman–Crippen MR) is 75.0 cm³/mol. The smallest absolute Gasteiger partial charge is 0.156 e. The first-order valence-corrected chi connectivity index (χ1v) is 6.41. The fourth-order valence-corrected chi connectivity index (χ4v) is 2.36. The summed E-state index contributed by atoms with van der Waals surface area (Å²) < 4.78 is 7.45. The molecule has 0 radical (unpaired) electrons. The summed E-state index contributed by atoms with van der Waals surface area (Å²) in [6.07, 6.45) is 2.09. The van der Waals surface area contributed by atoms with Crippen molar-refractivity contribution in [2.24, 2.45) is 0 Å². The maximum Gasteiger partial charge on any atom is 0.156 e. The Labute approximate surface area is 112 Å². The van der Waals surface area contributed by atoms with Crippen LogP contribution in [-0.4, -0.2) is 16.8 Å². The van der Waals surface area contributed by atoms with Crippen molar-refractivity contribution < 1.29 is 4.52 Å². The predicted octanol–water partition coefficient (Wildman–Crippen LogP) is 2.71. The maximum absolute atomic E-state index is 5.27. The van der Waals surface area contributed by atoms with Crippen LogP contribution >= 0.6 is 0 Å². The molecule has 19 heavy (non-hydrogen) atoms. The van der Waals surface area contributed by atoms with Crippen molar-refractivity contribution in [1.82, 2.24) is 15.0 Å². The molecule has 2 heterocycles. The van der Waals surface area contributed by atoms with E-state index in [1.165, 1.54) is 16.5 Å². The lowest BCUT2D eigenvalue weighted by molar-refractivity contribution is 0.374. The molecule has 0 spiro atoms. The van der Waals surface area contributed by atoms with Gasteiger partial charge in [0.05, 0.1) is 12.2 Å². The fourth-order valence-electron chi connectivity index (χ4n) is 2.36. The minimum absolute atomic E-state index is 0.718. The van der Waals surface area contributed by atoms with E-state index < -0.39 is 0 Å². The largest absolute Gasteiger partial charge is 0.359 e. The Balaban J connectivity index is 1.92. The Morgan fingerprint density at radius 1 is 1.26 bits per heavy atom. The zero-order valence-electron chi connectivity index (χ0n) is 11.2. The third-order valence-electron chi connectivity index (χ3n) is 3.22. The molecule has 0 saturated carbocycles. The Morgan fingerprint density at radius 2 is 2.16 bits per heavy atom. The Hall–Kier alpha value is -2.07. The molecule has 4 heteroatoms. The number of fused-ring (bicyclic) bond motifs is 1. The molecule has 2 aromatic heterocycles. The van der Waals surface area contributed by atoms with Gasteiger partial charge in [-0.3, -0.25) is 0 Å². The minimum atomic E-state index is 0.718. The lowest BCUT2D eigenvalue weighted by atomic mass is 10.1. The SMILES string of the molecule is CNCc1ccc2c(ccn2Cc2cc(C)no2)c1. The summed E-state index contributed by atoms with van der Waals surface area (Å²) in [6, 6.07) is 10.6. The number of aromatic nitrogens is 2. The van der Waals surface area contributed by atoms with E-state index in [1.54, 1.807) is 0 Å². The van der Waals surface area contributed by atoms with Crippen LogP contribution < -0.4 is 5.32 Å². The first-order chi connectivity index (χ1) is 9.26. The van der Waals surface area contributed by atoms with Crippen molar-refractivity contribution in [2.45, 2.75) is 20.0 Å². The van der Waals surface area contributed by atoms with Crippen LogP contribution in [0.25, 0.3) is 10.9 Å². The van der Waals surface area contributed by atoms with Gasteiger partial charge in [0, 0.05) is 24.3 Å². The van der Waals surface area contributed by atoms with Crippen LogP contribution in [0.4, 0.5) is 0 Å². The molecule has 3 aromatic rings. The molecule has 98 valence electrons. The van der Waals surface area contributed by atoms with Gasteiger partial charge in [0.25, 0.3) is 0 Å². The number of hydrogen-bond acceptors (Lipinski definition) is 3. The van der Waals surface area contributed by atoms with Crippen LogP contribution in [0, 0.1) is 6.92 Å². The topological polar surface area (TPSA) is 43.0 Å². The molecule has 3 rings (SSSR count). The van der Waals surface area contributed by atoms with Crippen molar-refractivity contribution in [1.29, 1.82) is 0 Å². The summed E-state index contributed by atoms with van der Waals surface area (Å²) in [5.41, 5.74) is 3.43.